The minimum atomic E-state index is -0.653. The maximum atomic E-state index is 10.3. The fourth-order valence-electron chi connectivity index (χ4n) is 3.24. The Morgan fingerprint density at radius 3 is 1.34 bits per heavy atom. The maximum Gasteiger partial charge on any atom is 0.303 e. The lowest BCUT2D eigenvalue weighted by Crippen LogP contribution is -1.93. The smallest absolute Gasteiger partial charge is 0.303 e. The molecule has 0 spiro atoms. The van der Waals surface area contributed by atoms with Gasteiger partial charge in [0.05, 0.1) is 0 Å². The number of hydrogen-bond acceptors (Lipinski definition) is 1. The number of aliphatic carboxylic acids is 1. The van der Waals surface area contributed by atoms with E-state index in [4.69, 9.17) is 5.11 Å². The molecule has 1 N–H and O–H groups in total. The number of rotatable bonds is 18. The van der Waals surface area contributed by atoms with E-state index in [1.807, 2.05) is 36.4 Å². The molecule has 0 aliphatic carbocycles. The summed E-state index contributed by atoms with van der Waals surface area (Å²) in [5.41, 5.74) is 1.17. The van der Waals surface area contributed by atoms with Gasteiger partial charge in [-0.3, -0.25) is 4.79 Å². The number of carboxylic acid groups (broad SMARTS) is 1. The van der Waals surface area contributed by atoms with Crippen molar-refractivity contribution in [1.82, 2.24) is 0 Å². The molecular formula is C30H50O2. The molecule has 0 unspecified atom stereocenters. The van der Waals surface area contributed by atoms with Crippen molar-refractivity contribution in [2.75, 3.05) is 0 Å². The van der Waals surface area contributed by atoms with E-state index in [1.54, 1.807) is 12.2 Å². The molecule has 32 heavy (non-hydrogen) atoms. The normalized spacial score (nSPS) is 9.53. The minimum absolute atomic E-state index is 0.345. The number of hydrogen-bond donors (Lipinski definition) is 1. The fraction of sp³-hybridized carbons (Fsp3) is 0.567. The Morgan fingerprint density at radius 1 is 0.688 bits per heavy atom. The monoisotopic (exact) mass is 442 g/mol. The summed E-state index contributed by atoms with van der Waals surface area (Å²) in [6, 6.07) is 10.0. The highest BCUT2D eigenvalue weighted by atomic mass is 16.4. The Balaban J connectivity index is 0. The number of allylic oxidation sites excluding steroid dienone is 2. The number of benzene rings is 1. The Labute approximate surface area is 199 Å². The third kappa shape index (κ3) is 30.1. The van der Waals surface area contributed by atoms with E-state index >= 15 is 0 Å². The summed E-state index contributed by atoms with van der Waals surface area (Å²) in [7, 11) is 0. The summed E-state index contributed by atoms with van der Waals surface area (Å²) < 4.78 is 0. The van der Waals surface area contributed by atoms with Gasteiger partial charge in [0.15, 0.2) is 0 Å². The van der Waals surface area contributed by atoms with Crippen molar-refractivity contribution < 1.29 is 9.90 Å². The molecule has 0 heterocycles. The van der Waals surface area contributed by atoms with Gasteiger partial charge in [-0.15, -0.1) is 0 Å². The van der Waals surface area contributed by atoms with Crippen LogP contribution in [0.5, 0.6) is 0 Å². The molecule has 0 aromatic heterocycles. The van der Waals surface area contributed by atoms with Crippen LogP contribution < -0.4 is 0 Å². The molecule has 0 saturated carbocycles. The average Bonchev–Trinajstić information content (AvgIpc) is 2.82. The van der Waals surface area contributed by atoms with E-state index in [1.165, 1.54) is 89.0 Å². The molecular weight excluding hydrogens is 392 g/mol. The molecule has 0 bridgehead atoms. The highest BCUT2D eigenvalue weighted by Gasteiger charge is 1.97. The predicted molar refractivity (Wildman–Crippen MR) is 144 cm³/mol. The lowest BCUT2D eigenvalue weighted by molar-refractivity contribution is -0.137. The van der Waals surface area contributed by atoms with E-state index in [9.17, 15) is 4.79 Å². The third-order valence-corrected chi connectivity index (χ3v) is 5.20. The lowest BCUT2D eigenvalue weighted by Gasteiger charge is -2.03. The minimum Gasteiger partial charge on any atom is -0.481 e. The first-order valence-electron chi connectivity index (χ1n) is 12.7. The molecule has 182 valence electrons. The first-order chi connectivity index (χ1) is 15.6. The van der Waals surface area contributed by atoms with Crippen molar-refractivity contribution in [1.29, 1.82) is 0 Å². The van der Waals surface area contributed by atoms with Gasteiger partial charge in [-0.2, -0.15) is 0 Å². The van der Waals surface area contributed by atoms with Crippen molar-refractivity contribution in [3.63, 3.8) is 0 Å². The van der Waals surface area contributed by atoms with Gasteiger partial charge in [-0.1, -0.05) is 165 Å². The van der Waals surface area contributed by atoms with Gasteiger partial charge >= 0.3 is 5.97 Å². The van der Waals surface area contributed by atoms with Crippen LogP contribution in [0.15, 0.2) is 62.2 Å². The van der Waals surface area contributed by atoms with Crippen LogP contribution in [0.2, 0.25) is 0 Å². The topological polar surface area (TPSA) is 37.3 Å². The van der Waals surface area contributed by atoms with Crippen molar-refractivity contribution >= 4 is 12.0 Å². The quantitative estimate of drug-likeness (QED) is 0.181. The highest BCUT2D eigenvalue weighted by molar-refractivity contribution is 5.66. The molecule has 0 saturated heterocycles. The zero-order chi connectivity index (χ0) is 24.1. The van der Waals surface area contributed by atoms with Crippen LogP contribution in [0, 0.1) is 0 Å². The molecule has 2 heteroatoms. The molecule has 0 atom stereocenters. The summed E-state index contributed by atoms with van der Waals surface area (Å²) >= 11 is 0. The summed E-state index contributed by atoms with van der Waals surface area (Å²) in [5, 5.41) is 8.52. The van der Waals surface area contributed by atoms with Gasteiger partial charge in [0.2, 0.25) is 0 Å². The zero-order valence-corrected chi connectivity index (χ0v) is 20.9. The summed E-state index contributed by atoms with van der Waals surface area (Å²) in [5.74, 6) is -0.653. The second kappa shape index (κ2) is 28.9. The Bertz CT molecular complexity index is 527. The molecule has 1 aromatic carbocycles. The second-order valence-corrected chi connectivity index (χ2v) is 8.18. The van der Waals surface area contributed by atoms with Crippen LogP contribution in [-0.4, -0.2) is 11.1 Å². The molecule has 0 fully saturated rings. The SMILES string of the molecule is C=CC=C.C=Cc1ccccc1.CCCCCCCCCCCCCCCCCC(=O)O. The summed E-state index contributed by atoms with van der Waals surface area (Å²) in [6.07, 6.45) is 25.3. The van der Waals surface area contributed by atoms with E-state index in [2.05, 4.69) is 26.7 Å². The van der Waals surface area contributed by atoms with Crippen LogP contribution >= 0.6 is 0 Å². The third-order valence-electron chi connectivity index (χ3n) is 5.20. The van der Waals surface area contributed by atoms with Gasteiger partial charge in [-0.25, -0.2) is 0 Å². The van der Waals surface area contributed by atoms with Crippen molar-refractivity contribution in [2.24, 2.45) is 0 Å². The maximum absolute atomic E-state index is 10.3. The molecule has 1 aromatic rings. The van der Waals surface area contributed by atoms with Crippen molar-refractivity contribution in [3.05, 3.63) is 67.8 Å². The van der Waals surface area contributed by atoms with Crippen molar-refractivity contribution in [2.45, 2.75) is 110 Å². The predicted octanol–water partition coefficient (Wildman–Crippen LogP) is 10.0. The Morgan fingerprint density at radius 2 is 1.06 bits per heavy atom. The molecule has 0 aliphatic heterocycles. The van der Waals surface area contributed by atoms with Crippen LogP contribution in [0.1, 0.15) is 115 Å². The van der Waals surface area contributed by atoms with Gasteiger partial charge in [0.25, 0.3) is 0 Å². The number of carboxylic acids is 1. The summed E-state index contributed by atoms with van der Waals surface area (Å²) in [4.78, 5) is 10.3. The molecule has 1 rings (SSSR count). The first-order valence-corrected chi connectivity index (χ1v) is 12.7. The summed E-state index contributed by atoms with van der Waals surface area (Å²) in [6.45, 7) is 12.6. The number of unbranched alkanes of at least 4 members (excludes halogenated alkanes) is 14. The standard InChI is InChI=1S/C18H36O2.C8H8.C4H6/c1-2-3-4-5-6-7-8-9-10-11-12-13-14-15-16-17-18(19)20;1-2-8-6-4-3-5-7-8;1-3-4-2/h2-17H2,1H3,(H,19,20);2-7H,1H2;3-4H,1-2H2. The Hall–Kier alpha value is -2.09. The fourth-order valence-corrected chi connectivity index (χ4v) is 3.24. The first kappa shape index (κ1) is 32.1. The van der Waals surface area contributed by atoms with E-state index < -0.39 is 5.97 Å². The van der Waals surface area contributed by atoms with Crippen LogP contribution in [0.4, 0.5) is 0 Å². The zero-order valence-electron chi connectivity index (χ0n) is 20.9. The van der Waals surface area contributed by atoms with Gasteiger partial charge in [-0.05, 0) is 12.0 Å². The average molecular weight is 443 g/mol. The van der Waals surface area contributed by atoms with Gasteiger partial charge in [0.1, 0.15) is 0 Å². The van der Waals surface area contributed by atoms with Crippen LogP contribution in [0.3, 0.4) is 0 Å². The Kier molecular flexibility index (Phi) is 29.0. The molecule has 0 aliphatic rings. The van der Waals surface area contributed by atoms with Crippen molar-refractivity contribution in [3.8, 4) is 0 Å². The van der Waals surface area contributed by atoms with E-state index in [0.29, 0.717) is 6.42 Å². The van der Waals surface area contributed by atoms with E-state index in [0.717, 1.165) is 12.8 Å². The van der Waals surface area contributed by atoms with E-state index in [-0.39, 0.29) is 0 Å². The van der Waals surface area contributed by atoms with Crippen LogP contribution in [-0.2, 0) is 4.79 Å². The van der Waals surface area contributed by atoms with Crippen LogP contribution in [0.25, 0.3) is 6.08 Å². The van der Waals surface area contributed by atoms with Gasteiger partial charge < -0.3 is 5.11 Å². The second-order valence-electron chi connectivity index (χ2n) is 8.18. The molecule has 2 nitrogen and oxygen atoms in total. The lowest BCUT2D eigenvalue weighted by atomic mass is 10.0. The largest absolute Gasteiger partial charge is 0.481 e. The highest BCUT2D eigenvalue weighted by Crippen LogP contribution is 2.13. The molecule has 0 amide bonds. The molecule has 0 radical (unpaired) electrons. The number of carbonyl (C=O) groups is 1. The van der Waals surface area contributed by atoms with Gasteiger partial charge in [0, 0.05) is 6.42 Å².